The Kier molecular flexibility index (Phi) is 7.90. The fraction of sp³-hybridized carbons (Fsp3) is 0.348. The van der Waals surface area contributed by atoms with Gasteiger partial charge in [0.25, 0.3) is 0 Å². The Morgan fingerprint density at radius 2 is 2.00 bits per heavy atom. The molecule has 2 unspecified atom stereocenters. The van der Waals surface area contributed by atoms with Crippen molar-refractivity contribution in [2.45, 2.75) is 25.6 Å². The fourth-order valence-corrected chi connectivity index (χ4v) is 4.16. The van der Waals surface area contributed by atoms with E-state index in [9.17, 15) is 4.21 Å². The molecular formula is C23H29N3O3S. The molecule has 2 aromatic carbocycles. The summed E-state index contributed by atoms with van der Waals surface area (Å²) in [6.45, 7) is 5.12. The summed E-state index contributed by atoms with van der Waals surface area (Å²) < 4.78 is 24.0. The number of benzene rings is 2. The number of hydrogen-bond donors (Lipinski definition) is 2. The van der Waals surface area contributed by atoms with Crippen LogP contribution in [0.15, 0.2) is 64.0 Å². The number of nitrogens with zero attached hydrogens (tertiary/aromatic N) is 1. The van der Waals surface area contributed by atoms with Crippen LogP contribution in [0.3, 0.4) is 0 Å². The third-order valence-electron chi connectivity index (χ3n) is 4.62. The predicted octanol–water partition coefficient (Wildman–Crippen LogP) is 4.01. The van der Waals surface area contributed by atoms with Crippen molar-refractivity contribution in [3.8, 4) is 5.75 Å². The third kappa shape index (κ3) is 5.86. The average Bonchev–Trinajstić information content (AvgIpc) is 3.19. The molecular weight excluding hydrogens is 398 g/mol. The highest BCUT2D eigenvalue weighted by Gasteiger charge is 2.15. The molecule has 0 spiro atoms. The van der Waals surface area contributed by atoms with Crippen LogP contribution in [0.25, 0.3) is 11.0 Å². The number of nitrogens with one attached hydrogen (secondary N) is 2. The second kappa shape index (κ2) is 10.8. The van der Waals surface area contributed by atoms with Crippen LogP contribution in [0.5, 0.6) is 5.75 Å². The van der Waals surface area contributed by atoms with E-state index < -0.39 is 10.8 Å². The molecule has 1 heterocycles. The molecule has 0 aliphatic rings. The van der Waals surface area contributed by atoms with Crippen molar-refractivity contribution in [1.82, 2.24) is 10.6 Å². The van der Waals surface area contributed by atoms with Gasteiger partial charge in [0.1, 0.15) is 5.76 Å². The maximum absolute atomic E-state index is 12.3. The molecule has 7 heteroatoms. The van der Waals surface area contributed by atoms with Gasteiger partial charge in [-0.1, -0.05) is 42.5 Å². The SMILES string of the molecule is CCOc1cccc2cc(C(C)NC(=NC)NCCS(=O)Cc3ccccc3)oc12. The van der Waals surface area contributed by atoms with E-state index in [2.05, 4.69) is 15.6 Å². The van der Waals surface area contributed by atoms with Crippen molar-refractivity contribution in [3.63, 3.8) is 0 Å². The monoisotopic (exact) mass is 427 g/mol. The zero-order chi connectivity index (χ0) is 21.3. The van der Waals surface area contributed by atoms with Gasteiger partial charge in [0.15, 0.2) is 17.3 Å². The lowest BCUT2D eigenvalue weighted by molar-refractivity contribution is 0.336. The Morgan fingerprint density at radius 1 is 1.20 bits per heavy atom. The number of guanidine groups is 1. The van der Waals surface area contributed by atoms with E-state index in [4.69, 9.17) is 9.15 Å². The lowest BCUT2D eigenvalue weighted by Gasteiger charge is -2.16. The van der Waals surface area contributed by atoms with Crippen molar-refractivity contribution in [1.29, 1.82) is 0 Å². The van der Waals surface area contributed by atoms with Gasteiger partial charge >= 0.3 is 0 Å². The van der Waals surface area contributed by atoms with Crippen molar-refractivity contribution in [2.75, 3.05) is 26.0 Å². The summed E-state index contributed by atoms with van der Waals surface area (Å²) in [7, 11) is 0.786. The van der Waals surface area contributed by atoms with Crippen LogP contribution in [0, 0.1) is 0 Å². The molecule has 0 bridgehead atoms. The molecule has 0 saturated heterocycles. The molecule has 0 radical (unpaired) electrons. The van der Waals surface area contributed by atoms with E-state index in [1.807, 2.05) is 68.4 Å². The summed E-state index contributed by atoms with van der Waals surface area (Å²) >= 11 is 0. The minimum Gasteiger partial charge on any atom is -0.490 e. The Morgan fingerprint density at radius 3 is 2.73 bits per heavy atom. The van der Waals surface area contributed by atoms with Gasteiger partial charge < -0.3 is 19.8 Å². The van der Waals surface area contributed by atoms with Crippen LogP contribution in [0.1, 0.15) is 31.2 Å². The van der Waals surface area contributed by atoms with Crippen LogP contribution in [-0.2, 0) is 16.6 Å². The lowest BCUT2D eigenvalue weighted by atomic mass is 10.2. The van der Waals surface area contributed by atoms with E-state index in [0.717, 1.165) is 28.0 Å². The van der Waals surface area contributed by atoms with Gasteiger partial charge in [-0.05, 0) is 31.5 Å². The first kappa shape index (κ1) is 21.9. The normalized spacial score (nSPS) is 13.8. The Bertz CT molecular complexity index is 1000. The van der Waals surface area contributed by atoms with Gasteiger partial charge in [-0.15, -0.1) is 0 Å². The van der Waals surface area contributed by atoms with E-state index in [1.165, 1.54) is 0 Å². The van der Waals surface area contributed by atoms with Crippen LogP contribution in [-0.4, -0.2) is 36.1 Å². The van der Waals surface area contributed by atoms with Crippen molar-refractivity contribution >= 4 is 27.7 Å². The first-order valence-corrected chi connectivity index (χ1v) is 11.6. The number of rotatable bonds is 9. The molecule has 6 nitrogen and oxygen atoms in total. The molecule has 160 valence electrons. The standard InChI is InChI=1S/C23H29N3O3S/c1-4-28-20-12-8-11-19-15-21(29-22(19)20)17(2)26-23(24-3)25-13-14-30(27)16-18-9-6-5-7-10-18/h5-12,15,17H,4,13-14,16H2,1-3H3,(H2,24,25,26). The van der Waals surface area contributed by atoms with Gasteiger partial charge in [-0.25, -0.2) is 0 Å². The Balaban J connectivity index is 1.53. The highest BCUT2D eigenvalue weighted by atomic mass is 32.2. The summed E-state index contributed by atoms with van der Waals surface area (Å²) in [6.07, 6.45) is 0. The number of furan rings is 1. The minimum atomic E-state index is -0.931. The number of para-hydroxylation sites is 1. The second-order valence-corrected chi connectivity index (χ2v) is 8.47. The highest BCUT2D eigenvalue weighted by Crippen LogP contribution is 2.31. The van der Waals surface area contributed by atoms with Gasteiger partial charge in [0.2, 0.25) is 0 Å². The molecule has 0 aliphatic heterocycles. The summed E-state index contributed by atoms with van der Waals surface area (Å²) in [5, 5.41) is 7.56. The minimum absolute atomic E-state index is 0.0899. The number of ether oxygens (including phenoxy) is 1. The molecule has 0 fully saturated rings. The summed E-state index contributed by atoms with van der Waals surface area (Å²) in [4.78, 5) is 4.26. The largest absolute Gasteiger partial charge is 0.490 e. The van der Waals surface area contributed by atoms with E-state index in [0.29, 0.717) is 30.6 Å². The number of hydrogen-bond acceptors (Lipinski definition) is 4. The third-order valence-corrected chi connectivity index (χ3v) is 5.94. The summed E-state index contributed by atoms with van der Waals surface area (Å²) in [5.41, 5.74) is 1.84. The molecule has 2 atom stereocenters. The highest BCUT2D eigenvalue weighted by molar-refractivity contribution is 7.84. The topological polar surface area (TPSA) is 75.9 Å². The second-order valence-electron chi connectivity index (χ2n) is 6.90. The Hall–Kier alpha value is -2.80. The maximum atomic E-state index is 12.3. The van der Waals surface area contributed by atoms with Gasteiger partial charge in [0, 0.05) is 41.3 Å². The Labute approximate surface area is 180 Å². The average molecular weight is 428 g/mol. The zero-order valence-electron chi connectivity index (χ0n) is 17.7. The van der Waals surface area contributed by atoms with Gasteiger partial charge in [-0.3, -0.25) is 9.20 Å². The number of fused-ring (bicyclic) bond motifs is 1. The van der Waals surface area contributed by atoms with Crippen molar-refractivity contribution in [2.24, 2.45) is 4.99 Å². The molecule has 3 aromatic rings. The smallest absolute Gasteiger partial charge is 0.191 e. The van der Waals surface area contributed by atoms with E-state index in [-0.39, 0.29) is 6.04 Å². The van der Waals surface area contributed by atoms with Gasteiger partial charge in [-0.2, -0.15) is 0 Å². The maximum Gasteiger partial charge on any atom is 0.191 e. The van der Waals surface area contributed by atoms with Crippen LogP contribution in [0.4, 0.5) is 0 Å². The van der Waals surface area contributed by atoms with E-state index >= 15 is 0 Å². The molecule has 0 saturated carbocycles. The first-order chi connectivity index (χ1) is 14.6. The predicted molar refractivity (Wildman–Crippen MR) is 123 cm³/mol. The molecule has 1 aromatic heterocycles. The molecule has 0 aliphatic carbocycles. The molecule has 2 N–H and O–H groups in total. The van der Waals surface area contributed by atoms with Crippen LogP contribution in [0.2, 0.25) is 0 Å². The molecule has 0 amide bonds. The zero-order valence-corrected chi connectivity index (χ0v) is 18.5. The van der Waals surface area contributed by atoms with Crippen molar-refractivity contribution < 1.29 is 13.4 Å². The quantitative estimate of drug-likeness (QED) is 0.399. The summed E-state index contributed by atoms with van der Waals surface area (Å²) in [5.74, 6) is 3.30. The number of aliphatic imine (C=N–C) groups is 1. The van der Waals surface area contributed by atoms with E-state index in [1.54, 1.807) is 7.05 Å². The molecule has 3 rings (SSSR count). The molecule has 30 heavy (non-hydrogen) atoms. The van der Waals surface area contributed by atoms with Crippen molar-refractivity contribution in [3.05, 3.63) is 65.9 Å². The lowest BCUT2D eigenvalue weighted by Crippen LogP contribution is -2.40. The fourth-order valence-electron chi connectivity index (χ4n) is 3.13. The van der Waals surface area contributed by atoms with Crippen LogP contribution < -0.4 is 15.4 Å². The van der Waals surface area contributed by atoms with Gasteiger partial charge in [0.05, 0.1) is 12.6 Å². The first-order valence-electron chi connectivity index (χ1n) is 10.1. The summed E-state index contributed by atoms with van der Waals surface area (Å²) in [6, 6.07) is 17.7. The van der Waals surface area contributed by atoms with Crippen LogP contribution >= 0.6 is 0 Å².